The zero-order valence-corrected chi connectivity index (χ0v) is 12.6. The minimum Gasteiger partial charge on any atom is -0.493 e. The first kappa shape index (κ1) is 14.2. The number of ether oxygens (including phenoxy) is 2. The van der Waals surface area contributed by atoms with Gasteiger partial charge in [-0.2, -0.15) is 5.10 Å². The summed E-state index contributed by atoms with van der Waals surface area (Å²) in [6.07, 6.45) is 4.49. The summed E-state index contributed by atoms with van der Waals surface area (Å²) in [6, 6.07) is 9.74. The van der Waals surface area contributed by atoms with Crippen LogP contribution in [0.4, 0.5) is 5.82 Å². The lowest BCUT2D eigenvalue weighted by Gasteiger charge is -2.10. The van der Waals surface area contributed by atoms with E-state index in [1.807, 2.05) is 36.5 Å². The Hall–Kier alpha value is -2.76. The molecule has 6 nitrogen and oxygen atoms in total. The third-order valence-corrected chi connectivity index (χ3v) is 3.43. The predicted molar refractivity (Wildman–Crippen MR) is 84.7 cm³/mol. The second-order valence-electron chi connectivity index (χ2n) is 4.81. The summed E-state index contributed by atoms with van der Waals surface area (Å²) in [7, 11) is 3.28. The van der Waals surface area contributed by atoms with Crippen molar-refractivity contribution < 1.29 is 9.47 Å². The van der Waals surface area contributed by atoms with Crippen LogP contribution in [0.3, 0.4) is 0 Å². The van der Waals surface area contributed by atoms with Gasteiger partial charge in [0.05, 0.1) is 20.4 Å². The molecule has 22 heavy (non-hydrogen) atoms. The van der Waals surface area contributed by atoms with Crippen molar-refractivity contribution in [3.63, 3.8) is 0 Å². The largest absolute Gasteiger partial charge is 0.493 e. The maximum absolute atomic E-state index is 5.31. The smallest absolute Gasteiger partial charge is 0.160 e. The Morgan fingerprint density at radius 1 is 1.09 bits per heavy atom. The van der Waals surface area contributed by atoms with Gasteiger partial charge < -0.3 is 14.8 Å². The number of benzene rings is 1. The molecule has 6 heteroatoms. The second-order valence-corrected chi connectivity index (χ2v) is 4.81. The van der Waals surface area contributed by atoms with Gasteiger partial charge in [-0.3, -0.25) is 0 Å². The van der Waals surface area contributed by atoms with Crippen LogP contribution >= 0.6 is 0 Å². The van der Waals surface area contributed by atoms with E-state index in [0.717, 1.165) is 35.9 Å². The van der Waals surface area contributed by atoms with Crippen LogP contribution in [0.5, 0.6) is 11.5 Å². The summed E-state index contributed by atoms with van der Waals surface area (Å²) in [5, 5.41) is 7.44. The van der Waals surface area contributed by atoms with Gasteiger partial charge in [0.25, 0.3) is 0 Å². The summed E-state index contributed by atoms with van der Waals surface area (Å²) in [6.45, 7) is 0.785. The Morgan fingerprint density at radius 3 is 2.77 bits per heavy atom. The molecule has 1 aromatic carbocycles. The number of aromatic nitrogens is 3. The van der Waals surface area contributed by atoms with Crippen LogP contribution < -0.4 is 14.8 Å². The van der Waals surface area contributed by atoms with Crippen LogP contribution in [0, 0.1) is 0 Å². The maximum Gasteiger partial charge on any atom is 0.160 e. The van der Waals surface area contributed by atoms with E-state index in [9.17, 15) is 0 Å². The predicted octanol–water partition coefficient (Wildman–Crippen LogP) is 2.40. The van der Waals surface area contributed by atoms with Gasteiger partial charge in [0.1, 0.15) is 5.82 Å². The lowest BCUT2D eigenvalue weighted by Crippen LogP contribution is -2.07. The number of nitrogens with zero attached hydrogens (tertiary/aromatic N) is 3. The maximum atomic E-state index is 5.31. The molecule has 114 valence electrons. The molecule has 0 saturated heterocycles. The van der Waals surface area contributed by atoms with Gasteiger partial charge in [0.2, 0.25) is 0 Å². The molecule has 0 fully saturated rings. The average molecular weight is 298 g/mol. The fourth-order valence-corrected chi connectivity index (χ4v) is 2.28. The fourth-order valence-electron chi connectivity index (χ4n) is 2.28. The molecule has 3 rings (SSSR count). The molecule has 2 aromatic heterocycles. The monoisotopic (exact) mass is 298 g/mol. The number of anilines is 1. The van der Waals surface area contributed by atoms with Crippen LogP contribution in [-0.4, -0.2) is 35.4 Å². The van der Waals surface area contributed by atoms with Gasteiger partial charge >= 0.3 is 0 Å². The fraction of sp³-hybridized carbons (Fsp3) is 0.250. The van der Waals surface area contributed by atoms with Gasteiger partial charge in [-0.1, -0.05) is 6.07 Å². The lowest BCUT2D eigenvalue weighted by atomic mass is 10.1. The van der Waals surface area contributed by atoms with Crippen LogP contribution in [0.2, 0.25) is 0 Å². The number of rotatable bonds is 6. The number of hydrogen-bond donors (Lipinski definition) is 1. The molecule has 0 spiro atoms. The van der Waals surface area contributed by atoms with Gasteiger partial charge in [-0.25, -0.2) is 9.50 Å². The normalized spacial score (nSPS) is 10.6. The third kappa shape index (κ3) is 2.95. The Morgan fingerprint density at radius 2 is 1.95 bits per heavy atom. The zero-order chi connectivity index (χ0) is 15.4. The topological polar surface area (TPSA) is 60.7 Å². The SMILES string of the molecule is COc1ccc(CCNc2ccn3nccc3n2)cc1OC. The standard InChI is InChI=1S/C16H18N4O2/c1-21-13-4-3-12(11-14(13)22-2)5-8-17-15-7-10-20-16(19-15)6-9-18-20/h3-4,6-7,9-11H,5,8H2,1-2H3,(H,17,19). The van der Waals surface area contributed by atoms with Crippen molar-refractivity contribution in [3.8, 4) is 11.5 Å². The molecule has 0 aliphatic rings. The van der Waals surface area contributed by atoms with Gasteiger partial charge in [-0.15, -0.1) is 0 Å². The highest BCUT2D eigenvalue weighted by Gasteiger charge is 2.04. The van der Waals surface area contributed by atoms with E-state index >= 15 is 0 Å². The van der Waals surface area contributed by atoms with Gasteiger partial charge in [0, 0.05) is 18.8 Å². The number of nitrogens with one attached hydrogen (secondary N) is 1. The summed E-state index contributed by atoms with van der Waals surface area (Å²) in [5.74, 6) is 2.33. The van der Waals surface area contributed by atoms with E-state index in [0.29, 0.717) is 0 Å². The molecule has 3 aromatic rings. The van der Waals surface area contributed by atoms with E-state index < -0.39 is 0 Å². The van der Waals surface area contributed by atoms with Gasteiger partial charge in [-0.05, 0) is 30.2 Å². The van der Waals surface area contributed by atoms with Crippen molar-refractivity contribution >= 4 is 11.5 Å². The molecule has 0 aliphatic carbocycles. The van der Waals surface area contributed by atoms with Crippen molar-refractivity contribution in [1.29, 1.82) is 0 Å². The first-order valence-electron chi connectivity index (χ1n) is 7.05. The summed E-state index contributed by atoms with van der Waals surface area (Å²) in [4.78, 5) is 4.47. The molecule has 0 bridgehead atoms. The molecule has 0 saturated carbocycles. The second kappa shape index (κ2) is 6.34. The molecule has 0 amide bonds. The van der Waals surface area contributed by atoms with Crippen molar-refractivity contribution in [3.05, 3.63) is 48.3 Å². The highest BCUT2D eigenvalue weighted by molar-refractivity contribution is 5.46. The number of fused-ring (bicyclic) bond motifs is 1. The Labute approximate surface area is 128 Å². The van der Waals surface area contributed by atoms with Crippen LogP contribution in [-0.2, 0) is 6.42 Å². The molecule has 1 N–H and O–H groups in total. The minimum atomic E-state index is 0.743. The summed E-state index contributed by atoms with van der Waals surface area (Å²) < 4.78 is 12.3. The summed E-state index contributed by atoms with van der Waals surface area (Å²) >= 11 is 0. The van der Waals surface area contributed by atoms with E-state index in [1.54, 1.807) is 24.9 Å². The molecule has 0 radical (unpaired) electrons. The van der Waals surface area contributed by atoms with E-state index in [4.69, 9.17) is 9.47 Å². The summed E-state index contributed by atoms with van der Waals surface area (Å²) in [5.41, 5.74) is 2.01. The molecule has 2 heterocycles. The molecule has 0 aliphatic heterocycles. The highest BCUT2D eigenvalue weighted by atomic mass is 16.5. The molecule has 0 atom stereocenters. The Bertz CT molecular complexity index is 770. The number of methoxy groups -OCH3 is 2. The highest BCUT2D eigenvalue weighted by Crippen LogP contribution is 2.27. The average Bonchev–Trinajstić information content (AvgIpc) is 3.02. The van der Waals surface area contributed by atoms with Crippen molar-refractivity contribution in [1.82, 2.24) is 14.6 Å². The first-order valence-corrected chi connectivity index (χ1v) is 7.05. The molecule has 0 unspecified atom stereocenters. The van der Waals surface area contributed by atoms with Gasteiger partial charge in [0.15, 0.2) is 17.1 Å². The van der Waals surface area contributed by atoms with E-state index in [-0.39, 0.29) is 0 Å². The van der Waals surface area contributed by atoms with Crippen molar-refractivity contribution in [2.24, 2.45) is 0 Å². The van der Waals surface area contributed by atoms with Crippen molar-refractivity contribution in [2.45, 2.75) is 6.42 Å². The Kier molecular flexibility index (Phi) is 4.09. The Balaban J connectivity index is 1.62. The quantitative estimate of drug-likeness (QED) is 0.757. The third-order valence-electron chi connectivity index (χ3n) is 3.43. The number of hydrogen-bond acceptors (Lipinski definition) is 5. The van der Waals surface area contributed by atoms with Crippen LogP contribution in [0.25, 0.3) is 5.65 Å². The van der Waals surface area contributed by atoms with E-state index in [1.165, 1.54) is 5.56 Å². The minimum absolute atomic E-state index is 0.743. The van der Waals surface area contributed by atoms with Crippen LogP contribution in [0.1, 0.15) is 5.56 Å². The zero-order valence-electron chi connectivity index (χ0n) is 12.6. The molecular weight excluding hydrogens is 280 g/mol. The van der Waals surface area contributed by atoms with Crippen LogP contribution in [0.15, 0.2) is 42.7 Å². The van der Waals surface area contributed by atoms with E-state index in [2.05, 4.69) is 15.4 Å². The van der Waals surface area contributed by atoms with Crippen molar-refractivity contribution in [2.75, 3.05) is 26.1 Å². The molecular formula is C16H18N4O2. The first-order chi connectivity index (χ1) is 10.8. The lowest BCUT2D eigenvalue weighted by molar-refractivity contribution is 0.354.